The number of halogens is 1. The Morgan fingerprint density at radius 2 is 2.10 bits per heavy atom. The summed E-state index contributed by atoms with van der Waals surface area (Å²) >= 11 is 6.18. The van der Waals surface area contributed by atoms with E-state index in [0.717, 1.165) is 5.56 Å². The largest absolute Gasteiger partial charge is 0.364 e. The molecule has 2 aliphatic rings. The summed E-state index contributed by atoms with van der Waals surface area (Å²) in [5.41, 5.74) is 0.265. The van der Waals surface area contributed by atoms with Crippen LogP contribution in [0.5, 0.6) is 0 Å². The van der Waals surface area contributed by atoms with Crippen LogP contribution >= 0.6 is 11.6 Å². The molecule has 1 spiro atoms. The Labute approximate surface area is 121 Å². The van der Waals surface area contributed by atoms with Crippen LogP contribution in [0.2, 0.25) is 5.02 Å². The van der Waals surface area contributed by atoms with Gasteiger partial charge in [0.1, 0.15) is 12.3 Å². The van der Waals surface area contributed by atoms with E-state index in [9.17, 15) is 9.59 Å². The zero-order valence-corrected chi connectivity index (χ0v) is 11.8. The summed E-state index contributed by atoms with van der Waals surface area (Å²) in [7, 11) is 1.51. The molecule has 106 valence electrons. The van der Waals surface area contributed by atoms with E-state index in [1.807, 2.05) is 24.3 Å². The molecule has 3 amide bonds. The average Bonchev–Trinajstić information content (AvgIpc) is 2.61. The van der Waals surface area contributed by atoms with Crippen molar-refractivity contribution in [1.82, 2.24) is 10.2 Å². The predicted molar refractivity (Wildman–Crippen MR) is 73.4 cm³/mol. The first-order chi connectivity index (χ1) is 9.58. The number of hydrogen-bond donors (Lipinski definition) is 1. The quantitative estimate of drug-likeness (QED) is 0.869. The normalized spacial score (nSPS) is 28.7. The Bertz CT molecular complexity index is 569. The summed E-state index contributed by atoms with van der Waals surface area (Å²) in [5.74, 6) is -0.0393. The number of ether oxygens (including phenoxy) is 1. The number of benzene rings is 1. The van der Waals surface area contributed by atoms with Gasteiger partial charge in [-0.15, -0.1) is 0 Å². The maximum Gasteiger partial charge on any atom is 0.326 e. The van der Waals surface area contributed by atoms with Crippen LogP contribution in [0.25, 0.3) is 0 Å². The maximum absolute atomic E-state index is 12.1. The number of hydrogen-bond acceptors (Lipinski definition) is 3. The fourth-order valence-corrected chi connectivity index (χ4v) is 3.39. The van der Waals surface area contributed by atoms with E-state index in [0.29, 0.717) is 17.9 Å². The van der Waals surface area contributed by atoms with E-state index in [1.165, 1.54) is 12.0 Å². The van der Waals surface area contributed by atoms with Gasteiger partial charge in [-0.3, -0.25) is 15.0 Å². The minimum absolute atomic E-state index is 0.118. The molecule has 1 heterocycles. The summed E-state index contributed by atoms with van der Waals surface area (Å²) in [6.45, 7) is 0.118. The van der Waals surface area contributed by atoms with Gasteiger partial charge in [0, 0.05) is 12.1 Å². The number of urea groups is 1. The van der Waals surface area contributed by atoms with Crippen molar-refractivity contribution >= 4 is 23.5 Å². The van der Waals surface area contributed by atoms with Crippen molar-refractivity contribution in [2.24, 2.45) is 0 Å². The molecule has 0 bridgehead atoms. The molecule has 0 atom stereocenters. The fraction of sp³-hybridized carbons (Fsp3) is 0.429. The highest BCUT2D eigenvalue weighted by Gasteiger charge is 2.60. The summed E-state index contributed by atoms with van der Waals surface area (Å²) in [6, 6.07) is 7.24. The van der Waals surface area contributed by atoms with Crippen LogP contribution in [0.1, 0.15) is 24.3 Å². The summed E-state index contributed by atoms with van der Waals surface area (Å²) in [6.07, 6.45) is 1.16. The number of amides is 3. The van der Waals surface area contributed by atoms with Crippen LogP contribution in [0.15, 0.2) is 24.3 Å². The van der Waals surface area contributed by atoms with Gasteiger partial charge in [0.15, 0.2) is 0 Å². The van der Waals surface area contributed by atoms with Gasteiger partial charge in [-0.25, -0.2) is 4.79 Å². The van der Waals surface area contributed by atoms with Crippen LogP contribution in [0.4, 0.5) is 4.79 Å². The molecule has 6 heteroatoms. The smallest absolute Gasteiger partial charge is 0.326 e. The molecule has 0 radical (unpaired) electrons. The first-order valence-corrected chi connectivity index (χ1v) is 6.83. The Balaban J connectivity index is 1.82. The van der Waals surface area contributed by atoms with Crippen LogP contribution < -0.4 is 5.32 Å². The van der Waals surface area contributed by atoms with E-state index in [-0.39, 0.29) is 24.6 Å². The van der Waals surface area contributed by atoms with E-state index in [4.69, 9.17) is 16.3 Å². The van der Waals surface area contributed by atoms with E-state index >= 15 is 0 Å². The molecule has 5 nitrogen and oxygen atoms in total. The Morgan fingerprint density at radius 1 is 1.40 bits per heavy atom. The lowest BCUT2D eigenvalue weighted by Gasteiger charge is -2.47. The molecule has 1 N–H and O–H groups in total. The van der Waals surface area contributed by atoms with Crippen molar-refractivity contribution in [2.75, 3.05) is 13.8 Å². The van der Waals surface area contributed by atoms with Crippen molar-refractivity contribution in [3.8, 4) is 0 Å². The van der Waals surface area contributed by atoms with Crippen LogP contribution in [0, 0.1) is 0 Å². The third-order valence-corrected chi connectivity index (χ3v) is 4.52. The maximum atomic E-state index is 12.1. The number of imide groups is 1. The number of nitrogens with one attached hydrogen (secondary N) is 1. The molecule has 0 unspecified atom stereocenters. The molecule has 0 aromatic heterocycles. The molecule has 1 aromatic rings. The highest BCUT2D eigenvalue weighted by Crippen LogP contribution is 2.51. The standard InChI is InChI=1S/C14H15ClN2O3/c1-20-8-17-13(19)16-12(18)14(17)6-9(7-14)10-4-2-3-5-11(10)15/h2-5,9H,6-8H2,1H3,(H,16,18,19). The molecule has 1 aliphatic carbocycles. The zero-order chi connectivity index (χ0) is 14.3. The minimum atomic E-state index is -0.767. The molecular weight excluding hydrogens is 280 g/mol. The van der Waals surface area contributed by atoms with Crippen molar-refractivity contribution in [2.45, 2.75) is 24.3 Å². The Hall–Kier alpha value is -1.59. The first-order valence-electron chi connectivity index (χ1n) is 6.45. The second-order valence-electron chi connectivity index (χ2n) is 5.26. The molecule has 2 fully saturated rings. The predicted octanol–water partition coefficient (Wildman–Crippen LogP) is 2.11. The van der Waals surface area contributed by atoms with Crippen LogP contribution in [-0.2, 0) is 9.53 Å². The molecule has 1 aromatic carbocycles. The van der Waals surface area contributed by atoms with Crippen molar-refractivity contribution in [1.29, 1.82) is 0 Å². The lowest BCUT2D eigenvalue weighted by molar-refractivity contribution is -0.134. The summed E-state index contributed by atoms with van der Waals surface area (Å²) < 4.78 is 5.03. The molecule has 3 rings (SSSR count). The van der Waals surface area contributed by atoms with Crippen LogP contribution in [-0.4, -0.2) is 36.2 Å². The molecule has 1 aliphatic heterocycles. The van der Waals surface area contributed by atoms with Gasteiger partial charge in [0.25, 0.3) is 5.91 Å². The number of nitrogens with zero attached hydrogens (tertiary/aromatic N) is 1. The molecule has 20 heavy (non-hydrogen) atoms. The Morgan fingerprint density at radius 3 is 2.75 bits per heavy atom. The topological polar surface area (TPSA) is 58.6 Å². The SMILES string of the molecule is COCN1C(=O)NC(=O)C12CC(c1ccccc1Cl)C2. The van der Waals surface area contributed by atoms with Crippen LogP contribution in [0.3, 0.4) is 0 Å². The van der Waals surface area contributed by atoms with Gasteiger partial charge < -0.3 is 4.74 Å². The fourth-order valence-electron chi connectivity index (χ4n) is 3.10. The van der Waals surface area contributed by atoms with Crippen molar-refractivity contribution in [3.63, 3.8) is 0 Å². The number of rotatable bonds is 3. The highest BCUT2D eigenvalue weighted by molar-refractivity contribution is 6.31. The van der Waals surface area contributed by atoms with Gasteiger partial charge in [0.2, 0.25) is 0 Å². The lowest BCUT2D eigenvalue weighted by Crippen LogP contribution is -2.58. The highest BCUT2D eigenvalue weighted by atomic mass is 35.5. The van der Waals surface area contributed by atoms with E-state index < -0.39 is 5.54 Å². The first kappa shape index (κ1) is 13.4. The van der Waals surface area contributed by atoms with E-state index in [1.54, 1.807) is 0 Å². The van der Waals surface area contributed by atoms with Gasteiger partial charge >= 0.3 is 6.03 Å². The van der Waals surface area contributed by atoms with Gasteiger partial charge in [-0.05, 0) is 30.4 Å². The summed E-state index contributed by atoms with van der Waals surface area (Å²) in [4.78, 5) is 25.3. The third-order valence-electron chi connectivity index (χ3n) is 4.18. The second kappa shape index (κ2) is 4.75. The lowest BCUT2D eigenvalue weighted by atomic mass is 9.65. The van der Waals surface area contributed by atoms with Gasteiger partial charge in [0.05, 0.1) is 0 Å². The zero-order valence-electron chi connectivity index (χ0n) is 11.1. The number of methoxy groups -OCH3 is 1. The van der Waals surface area contributed by atoms with E-state index in [2.05, 4.69) is 5.32 Å². The third kappa shape index (κ3) is 1.81. The van der Waals surface area contributed by atoms with Gasteiger partial charge in [-0.2, -0.15) is 0 Å². The Kier molecular flexibility index (Phi) is 3.18. The van der Waals surface area contributed by atoms with Crippen molar-refractivity contribution in [3.05, 3.63) is 34.9 Å². The molecule has 1 saturated heterocycles. The number of carbonyl (C=O) groups excluding carboxylic acids is 2. The molecule has 1 saturated carbocycles. The second-order valence-corrected chi connectivity index (χ2v) is 5.67. The minimum Gasteiger partial charge on any atom is -0.364 e. The van der Waals surface area contributed by atoms with Crippen molar-refractivity contribution < 1.29 is 14.3 Å². The van der Waals surface area contributed by atoms with Gasteiger partial charge in [-0.1, -0.05) is 29.8 Å². The molecular formula is C14H15ClN2O3. The monoisotopic (exact) mass is 294 g/mol. The number of carbonyl (C=O) groups is 2. The average molecular weight is 295 g/mol. The summed E-state index contributed by atoms with van der Waals surface area (Å²) in [5, 5.41) is 3.07.